The zero-order valence-electron chi connectivity index (χ0n) is 14.7. The smallest absolute Gasteiger partial charge is 0.171 e. The molecule has 0 aliphatic carbocycles. The average molecular weight is 378 g/mol. The summed E-state index contributed by atoms with van der Waals surface area (Å²) in [5.74, 6) is -0.387. The molecule has 1 aliphatic rings. The van der Waals surface area contributed by atoms with Crippen molar-refractivity contribution in [3.8, 4) is 11.5 Å². The summed E-state index contributed by atoms with van der Waals surface area (Å²) in [4.78, 5) is 0. The first-order valence-electron chi connectivity index (χ1n) is 8.17. The van der Waals surface area contributed by atoms with Gasteiger partial charge in [-0.3, -0.25) is 0 Å². The Bertz CT molecular complexity index is 842. The Kier molecular flexibility index (Phi) is 5.00. The van der Waals surface area contributed by atoms with Crippen molar-refractivity contribution in [1.82, 2.24) is 5.32 Å². The molecule has 2 aromatic rings. The summed E-state index contributed by atoms with van der Waals surface area (Å²) in [7, 11) is 1.60. The highest BCUT2D eigenvalue weighted by atomic mass is 32.1. The fraction of sp³-hybridized carbons (Fsp3) is 0.316. The molecular weight excluding hydrogens is 358 g/mol. The second-order valence-corrected chi connectivity index (χ2v) is 7.16. The summed E-state index contributed by atoms with van der Waals surface area (Å²) < 4.78 is 37.7. The van der Waals surface area contributed by atoms with Gasteiger partial charge in [-0.05, 0) is 50.3 Å². The molecular formula is C19H20F2N2O2S. The van der Waals surface area contributed by atoms with E-state index in [1.54, 1.807) is 7.11 Å². The molecule has 0 amide bonds. The fourth-order valence-electron chi connectivity index (χ4n) is 2.99. The molecule has 0 spiro atoms. The Hall–Kier alpha value is -2.41. The van der Waals surface area contributed by atoms with Crippen molar-refractivity contribution >= 4 is 23.0 Å². The van der Waals surface area contributed by atoms with E-state index in [1.807, 2.05) is 32.0 Å². The Balaban J connectivity index is 1.78. The largest absolute Gasteiger partial charge is 0.497 e. The number of nitrogens with one attached hydrogen (secondary N) is 2. The molecule has 2 aromatic carbocycles. The van der Waals surface area contributed by atoms with Crippen LogP contribution in [-0.4, -0.2) is 17.8 Å². The van der Waals surface area contributed by atoms with Crippen LogP contribution in [0.4, 0.5) is 14.5 Å². The third kappa shape index (κ3) is 4.04. The molecule has 0 saturated carbocycles. The van der Waals surface area contributed by atoms with Crippen LogP contribution in [0, 0.1) is 11.6 Å². The van der Waals surface area contributed by atoms with E-state index in [1.165, 1.54) is 6.07 Å². The molecule has 3 rings (SSSR count). The van der Waals surface area contributed by atoms with Gasteiger partial charge < -0.3 is 20.1 Å². The maximum Gasteiger partial charge on any atom is 0.171 e. The molecule has 0 bridgehead atoms. The summed E-state index contributed by atoms with van der Waals surface area (Å²) in [6.07, 6.45) is 0.686. The van der Waals surface area contributed by atoms with E-state index in [0.29, 0.717) is 23.0 Å². The Labute approximate surface area is 156 Å². The first-order chi connectivity index (χ1) is 12.3. The molecule has 4 nitrogen and oxygen atoms in total. The number of fused-ring (bicyclic) bond motifs is 1. The normalized spacial score (nSPS) is 17.7. The van der Waals surface area contributed by atoms with Crippen molar-refractivity contribution in [1.29, 1.82) is 0 Å². The Morgan fingerprint density at radius 3 is 2.65 bits per heavy atom. The predicted molar refractivity (Wildman–Crippen MR) is 101 cm³/mol. The molecule has 0 radical (unpaired) electrons. The van der Waals surface area contributed by atoms with Crippen molar-refractivity contribution in [3.05, 3.63) is 53.6 Å². The number of hydrogen-bond acceptors (Lipinski definition) is 3. The maximum absolute atomic E-state index is 13.4. The highest BCUT2D eigenvalue weighted by Gasteiger charge is 2.34. The van der Waals surface area contributed by atoms with Crippen molar-refractivity contribution in [2.75, 3.05) is 12.4 Å². The Morgan fingerprint density at radius 2 is 1.96 bits per heavy atom. The van der Waals surface area contributed by atoms with E-state index in [2.05, 4.69) is 10.6 Å². The minimum absolute atomic E-state index is 0.0926. The number of benzene rings is 2. The standard InChI is InChI=1S/C19H20F2N2O2S/c1-19(2)10-16(13-6-5-12(24-3)9-17(13)25-19)23-18(26)22-11-4-7-14(20)15(21)8-11/h4-9,16H,10H2,1-3H3,(H2,22,23,26)/t16-/m0/s1. The van der Waals surface area contributed by atoms with Gasteiger partial charge in [-0.2, -0.15) is 0 Å². The molecule has 1 atom stereocenters. The quantitative estimate of drug-likeness (QED) is 0.767. The second-order valence-electron chi connectivity index (χ2n) is 6.75. The summed E-state index contributed by atoms with van der Waals surface area (Å²) in [6.45, 7) is 3.99. The van der Waals surface area contributed by atoms with Gasteiger partial charge in [0.25, 0.3) is 0 Å². The number of thiocarbonyl (C=S) groups is 1. The highest BCUT2D eigenvalue weighted by Crippen LogP contribution is 2.41. The van der Waals surface area contributed by atoms with Gasteiger partial charge in [0.1, 0.15) is 17.1 Å². The number of anilines is 1. The van der Waals surface area contributed by atoms with Gasteiger partial charge in [-0.15, -0.1) is 0 Å². The SMILES string of the molecule is COc1ccc2c(c1)OC(C)(C)C[C@@H]2NC(=S)Nc1ccc(F)c(F)c1. The van der Waals surface area contributed by atoms with Crippen LogP contribution in [0.3, 0.4) is 0 Å². The predicted octanol–water partition coefficient (Wildman–Crippen LogP) is 4.56. The monoisotopic (exact) mass is 378 g/mol. The van der Waals surface area contributed by atoms with Gasteiger partial charge in [0.15, 0.2) is 16.7 Å². The number of hydrogen-bond donors (Lipinski definition) is 2. The van der Waals surface area contributed by atoms with Crippen LogP contribution in [0.5, 0.6) is 11.5 Å². The third-order valence-electron chi connectivity index (χ3n) is 4.16. The lowest BCUT2D eigenvalue weighted by molar-refractivity contribution is 0.0693. The van der Waals surface area contributed by atoms with E-state index >= 15 is 0 Å². The molecule has 0 unspecified atom stereocenters. The molecule has 1 aliphatic heterocycles. The molecule has 7 heteroatoms. The average Bonchev–Trinajstić information content (AvgIpc) is 2.56. The van der Waals surface area contributed by atoms with Crippen LogP contribution in [0.25, 0.3) is 0 Å². The van der Waals surface area contributed by atoms with Gasteiger partial charge in [-0.1, -0.05) is 0 Å². The van der Waals surface area contributed by atoms with Crippen molar-refractivity contribution in [3.63, 3.8) is 0 Å². The summed E-state index contributed by atoms with van der Waals surface area (Å²) in [5, 5.41) is 6.44. The molecule has 0 saturated heterocycles. The van der Waals surface area contributed by atoms with Gasteiger partial charge in [0.2, 0.25) is 0 Å². The molecule has 2 N–H and O–H groups in total. The van der Waals surface area contributed by atoms with Crippen LogP contribution >= 0.6 is 12.2 Å². The zero-order chi connectivity index (χ0) is 18.9. The van der Waals surface area contributed by atoms with Gasteiger partial charge in [0.05, 0.1) is 13.2 Å². The number of methoxy groups -OCH3 is 1. The number of ether oxygens (including phenoxy) is 2. The molecule has 138 valence electrons. The van der Waals surface area contributed by atoms with Crippen LogP contribution in [-0.2, 0) is 0 Å². The minimum Gasteiger partial charge on any atom is -0.497 e. The van der Waals surface area contributed by atoms with Crippen LogP contribution in [0.2, 0.25) is 0 Å². The first kappa shape index (κ1) is 18.4. The third-order valence-corrected chi connectivity index (χ3v) is 4.38. The summed E-state index contributed by atoms with van der Waals surface area (Å²) in [5.41, 5.74) is 0.941. The van der Waals surface area contributed by atoms with E-state index in [0.717, 1.165) is 23.4 Å². The van der Waals surface area contributed by atoms with Crippen LogP contribution in [0.1, 0.15) is 31.9 Å². The van der Waals surface area contributed by atoms with Crippen LogP contribution in [0.15, 0.2) is 36.4 Å². The van der Waals surface area contributed by atoms with Gasteiger partial charge in [0, 0.05) is 29.8 Å². The van der Waals surface area contributed by atoms with Gasteiger partial charge >= 0.3 is 0 Å². The molecule has 1 heterocycles. The fourth-order valence-corrected chi connectivity index (χ4v) is 3.25. The van der Waals surface area contributed by atoms with Crippen molar-refractivity contribution in [2.45, 2.75) is 31.9 Å². The van der Waals surface area contributed by atoms with E-state index in [4.69, 9.17) is 21.7 Å². The lowest BCUT2D eigenvalue weighted by Crippen LogP contribution is -2.42. The maximum atomic E-state index is 13.4. The Morgan fingerprint density at radius 1 is 1.19 bits per heavy atom. The van der Waals surface area contributed by atoms with Crippen molar-refractivity contribution in [2.24, 2.45) is 0 Å². The topological polar surface area (TPSA) is 42.5 Å². The zero-order valence-corrected chi connectivity index (χ0v) is 15.5. The molecule has 26 heavy (non-hydrogen) atoms. The molecule has 0 aromatic heterocycles. The second kappa shape index (κ2) is 7.07. The summed E-state index contributed by atoms with van der Waals surface area (Å²) in [6, 6.07) is 9.10. The van der Waals surface area contributed by atoms with Crippen molar-refractivity contribution < 1.29 is 18.3 Å². The summed E-state index contributed by atoms with van der Waals surface area (Å²) >= 11 is 5.34. The van der Waals surface area contributed by atoms with Crippen LogP contribution < -0.4 is 20.1 Å². The van der Waals surface area contributed by atoms with E-state index < -0.39 is 17.2 Å². The first-order valence-corrected chi connectivity index (χ1v) is 8.58. The van der Waals surface area contributed by atoms with E-state index in [-0.39, 0.29) is 6.04 Å². The van der Waals surface area contributed by atoms with E-state index in [9.17, 15) is 8.78 Å². The van der Waals surface area contributed by atoms with Gasteiger partial charge in [-0.25, -0.2) is 8.78 Å². The molecule has 0 fully saturated rings. The highest BCUT2D eigenvalue weighted by molar-refractivity contribution is 7.80. The number of rotatable bonds is 3. The lowest BCUT2D eigenvalue weighted by Gasteiger charge is -2.38. The lowest BCUT2D eigenvalue weighted by atomic mass is 9.89. The number of halogens is 2. The minimum atomic E-state index is -0.928.